The van der Waals surface area contributed by atoms with Gasteiger partial charge in [0.05, 0.1) is 30.4 Å². The molecule has 0 radical (unpaired) electrons. The molecule has 0 saturated carbocycles. The molecule has 2 rings (SSSR count). The molecular weight excluding hydrogens is 355 g/mol. The third-order valence-corrected chi connectivity index (χ3v) is 3.74. The second kappa shape index (κ2) is 8.04. The number of ketones is 1. The summed E-state index contributed by atoms with van der Waals surface area (Å²) in [5, 5.41) is 0.553. The van der Waals surface area contributed by atoms with Gasteiger partial charge < -0.3 is 14.2 Å². The predicted octanol–water partition coefficient (Wildman–Crippen LogP) is 4.05. The van der Waals surface area contributed by atoms with E-state index in [1.54, 1.807) is 18.2 Å². The van der Waals surface area contributed by atoms with Gasteiger partial charge in [0.15, 0.2) is 6.61 Å². The highest BCUT2D eigenvalue weighted by Gasteiger charge is 2.18. The largest absolute Gasteiger partial charge is 0.497 e. The van der Waals surface area contributed by atoms with Crippen LogP contribution in [-0.2, 0) is 4.74 Å². The molecular formula is C17H14Cl2O5. The van der Waals surface area contributed by atoms with Gasteiger partial charge in [0.1, 0.15) is 11.5 Å². The first-order valence-electron chi connectivity index (χ1n) is 6.83. The second-order valence-corrected chi connectivity index (χ2v) is 5.53. The Bertz CT molecular complexity index is 774. The van der Waals surface area contributed by atoms with Crippen LogP contribution in [0.5, 0.6) is 11.5 Å². The first-order chi connectivity index (χ1) is 11.5. The number of hydrogen-bond acceptors (Lipinski definition) is 5. The SMILES string of the molecule is COc1ccc(C(=O)COC(=O)c2ccc(Cl)cc2Cl)c(OC)c1. The van der Waals surface area contributed by atoms with Crippen molar-refractivity contribution in [2.75, 3.05) is 20.8 Å². The number of halogens is 2. The standard InChI is InChI=1S/C17H14Cl2O5/c1-22-11-4-6-13(16(8-11)23-2)15(20)9-24-17(21)12-5-3-10(18)7-14(12)19/h3-8H,9H2,1-2H3. The Morgan fingerprint density at radius 3 is 2.29 bits per heavy atom. The van der Waals surface area contributed by atoms with Crippen molar-refractivity contribution in [3.05, 3.63) is 57.6 Å². The molecule has 0 amide bonds. The van der Waals surface area contributed by atoms with Crippen molar-refractivity contribution in [2.24, 2.45) is 0 Å². The molecule has 7 heteroatoms. The normalized spacial score (nSPS) is 10.2. The van der Waals surface area contributed by atoms with Crippen molar-refractivity contribution in [2.45, 2.75) is 0 Å². The zero-order chi connectivity index (χ0) is 17.7. The summed E-state index contributed by atoms with van der Waals surface area (Å²) in [6.45, 7) is -0.444. The van der Waals surface area contributed by atoms with Gasteiger partial charge in [0, 0.05) is 11.1 Å². The first kappa shape index (κ1) is 18.1. The number of rotatable bonds is 6. The fraction of sp³-hybridized carbons (Fsp3) is 0.176. The lowest BCUT2D eigenvalue weighted by Gasteiger charge is -2.10. The molecule has 0 saturated heterocycles. The molecule has 0 unspecified atom stereocenters. The fourth-order valence-electron chi connectivity index (χ4n) is 1.97. The number of hydrogen-bond donors (Lipinski definition) is 0. The highest BCUT2D eigenvalue weighted by atomic mass is 35.5. The Hall–Kier alpha value is -2.24. The van der Waals surface area contributed by atoms with Gasteiger partial charge in [-0.25, -0.2) is 4.79 Å². The molecule has 0 aromatic heterocycles. The van der Waals surface area contributed by atoms with Gasteiger partial charge in [-0.05, 0) is 30.3 Å². The Balaban J connectivity index is 2.09. The average Bonchev–Trinajstić information content (AvgIpc) is 2.58. The highest BCUT2D eigenvalue weighted by Crippen LogP contribution is 2.25. The van der Waals surface area contributed by atoms with Crippen molar-refractivity contribution < 1.29 is 23.8 Å². The van der Waals surface area contributed by atoms with E-state index in [0.717, 1.165) is 0 Å². The van der Waals surface area contributed by atoms with Crippen LogP contribution in [0.1, 0.15) is 20.7 Å². The average molecular weight is 369 g/mol. The molecule has 0 aliphatic carbocycles. The number of methoxy groups -OCH3 is 2. The van der Waals surface area contributed by atoms with Crippen molar-refractivity contribution in [3.8, 4) is 11.5 Å². The van der Waals surface area contributed by atoms with Gasteiger partial charge in [-0.15, -0.1) is 0 Å². The van der Waals surface area contributed by atoms with Crippen LogP contribution >= 0.6 is 23.2 Å². The number of carbonyl (C=O) groups is 2. The Labute approximate surface area is 149 Å². The summed E-state index contributed by atoms with van der Waals surface area (Å²) in [5.41, 5.74) is 0.420. The molecule has 0 bridgehead atoms. The lowest BCUT2D eigenvalue weighted by molar-refractivity contribution is 0.0474. The van der Waals surface area contributed by atoms with Crippen molar-refractivity contribution in [1.29, 1.82) is 0 Å². The summed E-state index contributed by atoms with van der Waals surface area (Å²) in [6, 6.07) is 9.11. The van der Waals surface area contributed by atoms with Crippen LogP contribution in [0.2, 0.25) is 10.0 Å². The maximum atomic E-state index is 12.2. The summed E-state index contributed by atoms with van der Waals surface area (Å²) in [4.78, 5) is 24.3. The molecule has 2 aromatic carbocycles. The third kappa shape index (κ3) is 4.19. The van der Waals surface area contributed by atoms with Crippen LogP contribution in [0.25, 0.3) is 0 Å². The minimum absolute atomic E-state index is 0.135. The number of ether oxygens (including phenoxy) is 3. The van der Waals surface area contributed by atoms with Crippen molar-refractivity contribution in [1.82, 2.24) is 0 Å². The number of Topliss-reactive ketones (excluding diaryl/α,β-unsaturated/α-hetero) is 1. The van der Waals surface area contributed by atoms with Crippen LogP contribution in [0, 0.1) is 0 Å². The molecule has 0 spiro atoms. The smallest absolute Gasteiger partial charge is 0.340 e. The quantitative estimate of drug-likeness (QED) is 0.568. The van der Waals surface area contributed by atoms with Crippen molar-refractivity contribution in [3.63, 3.8) is 0 Å². The highest BCUT2D eigenvalue weighted by molar-refractivity contribution is 6.36. The summed E-state index contributed by atoms with van der Waals surface area (Å²) in [7, 11) is 2.94. The Morgan fingerprint density at radius 2 is 1.67 bits per heavy atom. The molecule has 2 aromatic rings. The molecule has 0 aliphatic heterocycles. The van der Waals surface area contributed by atoms with Crippen LogP contribution in [0.15, 0.2) is 36.4 Å². The lowest BCUT2D eigenvalue weighted by atomic mass is 10.1. The summed E-state index contributed by atoms with van der Waals surface area (Å²) in [6.07, 6.45) is 0. The number of benzene rings is 2. The molecule has 0 fully saturated rings. The van der Waals surface area contributed by atoms with Crippen molar-refractivity contribution >= 4 is 35.0 Å². The summed E-state index contributed by atoms with van der Waals surface area (Å²) < 4.78 is 15.2. The molecule has 0 heterocycles. The van der Waals surface area contributed by atoms with E-state index in [9.17, 15) is 9.59 Å². The van der Waals surface area contributed by atoms with Crippen LogP contribution in [-0.4, -0.2) is 32.6 Å². The molecule has 0 N–H and O–H groups in total. The molecule has 24 heavy (non-hydrogen) atoms. The van der Waals surface area contributed by atoms with E-state index < -0.39 is 18.4 Å². The second-order valence-electron chi connectivity index (χ2n) is 4.69. The fourth-order valence-corrected chi connectivity index (χ4v) is 2.46. The van der Waals surface area contributed by atoms with Gasteiger partial charge in [-0.2, -0.15) is 0 Å². The van der Waals surface area contributed by atoms with Crippen LogP contribution in [0.3, 0.4) is 0 Å². The monoisotopic (exact) mass is 368 g/mol. The van der Waals surface area contributed by atoms with Gasteiger partial charge in [-0.3, -0.25) is 4.79 Å². The van der Waals surface area contributed by atoms with E-state index >= 15 is 0 Å². The molecule has 0 aliphatic rings. The Morgan fingerprint density at radius 1 is 0.958 bits per heavy atom. The maximum Gasteiger partial charge on any atom is 0.340 e. The van der Waals surface area contributed by atoms with Crippen LogP contribution in [0.4, 0.5) is 0 Å². The van der Waals surface area contributed by atoms with E-state index in [4.69, 9.17) is 37.4 Å². The Kier molecular flexibility index (Phi) is 6.06. The first-order valence-corrected chi connectivity index (χ1v) is 7.59. The number of carbonyl (C=O) groups excluding carboxylic acids is 2. The van der Waals surface area contributed by atoms with Crippen LogP contribution < -0.4 is 9.47 Å². The molecule has 126 valence electrons. The third-order valence-electron chi connectivity index (χ3n) is 3.19. The van der Waals surface area contributed by atoms with E-state index in [1.165, 1.54) is 32.4 Å². The molecule has 5 nitrogen and oxygen atoms in total. The lowest BCUT2D eigenvalue weighted by Crippen LogP contribution is -2.15. The summed E-state index contributed by atoms with van der Waals surface area (Å²) >= 11 is 11.7. The topological polar surface area (TPSA) is 61.8 Å². The molecule has 0 atom stereocenters. The van der Waals surface area contributed by atoms with Gasteiger partial charge in [0.2, 0.25) is 5.78 Å². The van der Waals surface area contributed by atoms with E-state index in [1.807, 2.05) is 0 Å². The zero-order valence-corrected chi connectivity index (χ0v) is 14.5. The van der Waals surface area contributed by atoms with E-state index in [0.29, 0.717) is 16.5 Å². The van der Waals surface area contributed by atoms with Gasteiger partial charge in [-0.1, -0.05) is 23.2 Å². The van der Waals surface area contributed by atoms with E-state index in [2.05, 4.69) is 0 Å². The van der Waals surface area contributed by atoms with E-state index in [-0.39, 0.29) is 16.1 Å². The zero-order valence-electron chi connectivity index (χ0n) is 13.0. The predicted molar refractivity (Wildman–Crippen MR) is 90.6 cm³/mol. The number of esters is 1. The van der Waals surface area contributed by atoms with Gasteiger partial charge in [0.25, 0.3) is 0 Å². The summed E-state index contributed by atoms with van der Waals surface area (Å²) in [5.74, 6) is -0.237. The van der Waals surface area contributed by atoms with Gasteiger partial charge >= 0.3 is 5.97 Å². The minimum atomic E-state index is -0.711. The minimum Gasteiger partial charge on any atom is -0.497 e. The maximum absolute atomic E-state index is 12.2.